The third-order valence-corrected chi connectivity index (χ3v) is 3.40. The number of nitrogens with two attached hydrogens (primary N) is 1. The van der Waals surface area contributed by atoms with E-state index in [0.717, 1.165) is 12.2 Å². The van der Waals surface area contributed by atoms with Gasteiger partial charge in [-0.3, -0.25) is 4.79 Å². The molecule has 0 aliphatic carbocycles. The molecule has 4 N–H and O–H groups in total. The van der Waals surface area contributed by atoms with Crippen LogP contribution in [0.4, 0.5) is 11.4 Å². The molecule has 0 saturated carbocycles. The summed E-state index contributed by atoms with van der Waals surface area (Å²) in [4.78, 5) is 22.6. The molecule has 1 rings (SSSR count). The molecule has 1 amide bonds. The normalized spacial score (nSPS) is 10.2. The minimum Gasteiger partial charge on any atom is -0.478 e. The Morgan fingerprint density at radius 3 is 2.80 bits per heavy atom. The molecule has 0 saturated heterocycles. The SMILES string of the molecule is COCCCSCC(=O)Nc1cc(N)cc(C(=O)O)c1. The predicted octanol–water partition coefficient (Wildman–Crippen LogP) is 1.68. The Hall–Kier alpha value is -1.73. The van der Waals surface area contributed by atoms with Gasteiger partial charge in [0.05, 0.1) is 11.3 Å². The highest BCUT2D eigenvalue weighted by Gasteiger charge is 2.08. The number of amides is 1. The summed E-state index contributed by atoms with van der Waals surface area (Å²) in [5.74, 6) is -0.129. The number of aromatic carboxylic acids is 1. The predicted molar refractivity (Wildman–Crippen MR) is 80.3 cm³/mol. The Labute approximate surface area is 121 Å². The van der Waals surface area contributed by atoms with Gasteiger partial charge in [-0.1, -0.05) is 0 Å². The van der Waals surface area contributed by atoms with E-state index in [1.807, 2.05) is 0 Å². The highest BCUT2D eigenvalue weighted by Crippen LogP contribution is 2.17. The molecule has 0 unspecified atom stereocenters. The van der Waals surface area contributed by atoms with E-state index in [-0.39, 0.29) is 11.5 Å². The average molecular weight is 298 g/mol. The van der Waals surface area contributed by atoms with Crippen LogP contribution < -0.4 is 11.1 Å². The molecule has 20 heavy (non-hydrogen) atoms. The molecule has 6 nitrogen and oxygen atoms in total. The molecule has 0 aromatic heterocycles. The number of anilines is 2. The number of nitrogens with one attached hydrogen (secondary N) is 1. The van der Waals surface area contributed by atoms with Gasteiger partial charge in [-0.2, -0.15) is 11.8 Å². The van der Waals surface area contributed by atoms with Crippen LogP contribution in [0.1, 0.15) is 16.8 Å². The summed E-state index contributed by atoms with van der Waals surface area (Å²) >= 11 is 1.50. The molecule has 0 fully saturated rings. The van der Waals surface area contributed by atoms with Crippen LogP contribution >= 0.6 is 11.8 Å². The lowest BCUT2D eigenvalue weighted by atomic mass is 10.2. The molecule has 0 aliphatic rings. The lowest BCUT2D eigenvalue weighted by Crippen LogP contribution is -2.15. The summed E-state index contributed by atoms with van der Waals surface area (Å²) in [7, 11) is 1.64. The van der Waals surface area contributed by atoms with Crippen molar-refractivity contribution in [2.24, 2.45) is 0 Å². The maximum atomic E-state index is 11.7. The number of thioether (sulfide) groups is 1. The number of hydrogen-bond acceptors (Lipinski definition) is 5. The molecule has 0 spiro atoms. The van der Waals surface area contributed by atoms with E-state index in [0.29, 0.717) is 23.7 Å². The van der Waals surface area contributed by atoms with Crippen molar-refractivity contribution in [2.45, 2.75) is 6.42 Å². The Bertz CT molecular complexity index is 479. The quantitative estimate of drug-likeness (QED) is 0.498. The lowest BCUT2D eigenvalue weighted by molar-refractivity contribution is -0.113. The summed E-state index contributed by atoms with van der Waals surface area (Å²) in [5.41, 5.74) is 6.34. The van der Waals surface area contributed by atoms with Crippen LogP contribution in [-0.2, 0) is 9.53 Å². The molecule has 0 radical (unpaired) electrons. The smallest absolute Gasteiger partial charge is 0.335 e. The molecule has 0 heterocycles. The van der Waals surface area contributed by atoms with Gasteiger partial charge in [0.1, 0.15) is 0 Å². The maximum Gasteiger partial charge on any atom is 0.335 e. The van der Waals surface area contributed by atoms with Crippen LogP contribution in [0, 0.1) is 0 Å². The van der Waals surface area contributed by atoms with Gasteiger partial charge in [0, 0.05) is 25.1 Å². The van der Waals surface area contributed by atoms with Gasteiger partial charge in [-0.05, 0) is 30.4 Å². The van der Waals surface area contributed by atoms with E-state index in [9.17, 15) is 9.59 Å². The zero-order valence-electron chi connectivity index (χ0n) is 11.2. The van der Waals surface area contributed by atoms with Gasteiger partial charge in [0.2, 0.25) is 5.91 Å². The number of rotatable bonds is 8. The molecule has 1 aromatic carbocycles. The maximum absolute atomic E-state index is 11.7. The second-order valence-electron chi connectivity index (χ2n) is 4.10. The van der Waals surface area contributed by atoms with E-state index in [2.05, 4.69) is 5.32 Å². The fraction of sp³-hybridized carbons (Fsp3) is 0.385. The van der Waals surface area contributed by atoms with E-state index in [4.69, 9.17) is 15.6 Å². The summed E-state index contributed by atoms with van der Waals surface area (Å²) in [6.07, 6.45) is 0.885. The van der Waals surface area contributed by atoms with Crippen LogP contribution in [-0.4, -0.2) is 42.2 Å². The van der Waals surface area contributed by atoms with Crippen LogP contribution in [0.3, 0.4) is 0 Å². The Morgan fingerprint density at radius 1 is 1.40 bits per heavy atom. The van der Waals surface area contributed by atoms with Gasteiger partial charge in [0.25, 0.3) is 0 Å². The number of carboxylic acid groups (broad SMARTS) is 1. The highest BCUT2D eigenvalue weighted by atomic mass is 32.2. The fourth-order valence-electron chi connectivity index (χ4n) is 1.51. The molecule has 0 aliphatic heterocycles. The first-order valence-corrected chi connectivity index (χ1v) is 7.19. The standard InChI is InChI=1S/C13H18N2O4S/c1-19-3-2-4-20-8-12(16)15-11-6-9(13(17)18)5-10(14)7-11/h5-7H,2-4,8,14H2,1H3,(H,15,16)(H,17,18). The zero-order chi connectivity index (χ0) is 15.0. The number of nitrogen functional groups attached to an aromatic ring is 1. The molecule has 7 heteroatoms. The molecule has 110 valence electrons. The first-order valence-electron chi connectivity index (χ1n) is 6.03. The first-order chi connectivity index (χ1) is 9.52. The van der Waals surface area contributed by atoms with Crippen molar-refractivity contribution in [3.05, 3.63) is 23.8 Å². The van der Waals surface area contributed by atoms with Crippen molar-refractivity contribution in [3.8, 4) is 0 Å². The van der Waals surface area contributed by atoms with E-state index in [1.165, 1.54) is 30.0 Å². The second-order valence-corrected chi connectivity index (χ2v) is 5.20. The topological polar surface area (TPSA) is 102 Å². The lowest BCUT2D eigenvalue weighted by Gasteiger charge is -2.07. The molecule has 0 bridgehead atoms. The van der Waals surface area contributed by atoms with Crippen molar-refractivity contribution >= 4 is 35.0 Å². The van der Waals surface area contributed by atoms with Crippen LogP contribution in [0.15, 0.2) is 18.2 Å². The first kappa shape index (κ1) is 16.3. The van der Waals surface area contributed by atoms with E-state index in [1.54, 1.807) is 7.11 Å². The average Bonchev–Trinajstić information content (AvgIpc) is 2.37. The van der Waals surface area contributed by atoms with Crippen molar-refractivity contribution < 1.29 is 19.4 Å². The number of benzene rings is 1. The number of carbonyl (C=O) groups is 2. The Balaban J connectivity index is 2.47. The largest absolute Gasteiger partial charge is 0.478 e. The number of hydrogen-bond donors (Lipinski definition) is 3. The summed E-state index contributed by atoms with van der Waals surface area (Å²) in [6.45, 7) is 0.672. The molecule has 0 atom stereocenters. The number of methoxy groups -OCH3 is 1. The van der Waals surface area contributed by atoms with Crippen molar-refractivity contribution in [1.29, 1.82) is 0 Å². The van der Waals surface area contributed by atoms with E-state index < -0.39 is 5.97 Å². The minimum atomic E-state index is -1.08. The second kappa shape index (κ2) is 8.44. The van der Waals surface area contributed by atoms with Crippen molar-refractivity contribution in [2.75, 3.05) is 36.3 Å². The van der Waals surface area contributed by atoms with Crippen LogP contribution in [0.5, 0.6) is 0 Å². The van der Waals surface area contributed by atoms with Gasteiger partial charge in [0.15, 0.2) is 0 Å². The monoisotopic (exact) mass is 298 g/mol. The highest BCUT2D eigenvalue weighted by molar-refractivity contribution is 7.99. The summed E-state index contributed by atoms with van der Waals surface area (Å²) < 4.78 is 4.91. The Morgan fingerprint density at radius 2 is 2.15 bits per heavy atom. The van der Waals surface area contributed by atoms with Gasteiger partial charge >= 0.3 is 5.97 Å². The fourth-order valence-corrected chi connectivity index (χ4v) is 2.24. The van der Waals surface area contributed by atoms with Gasteiger partial charge in [-0.15, -0.1) is 0 Å². The Kier molecular flexibility index (Phi) is 6.89. The van der Waals surface area contributed by atoms with Gasteiger partial charge in [-0.25, -0.2) is 4.79 Å². The number of carbonyl (C=O) groups excluding carboxylic acids is 1. The third kappa shape index (κ3) is 5.94. The molecular formula is C13H18N2O4S. The molecule has 1 aromatic rings. The summed E-state index contributed by atoms with van der Waals surface area (Å²) in [6, 6.07) is 4.25. The zero-order valence-corrected chi connectivity index (χ0v) is 12.0. The van der Waals surface area contributed by atoms with E-state index >= 15 is 0 Å². The summed E-state index contributed by atoms with van der Waals surface area (Å²) in [5, 5.41) is 11.5. The van der Waals surface area contributed by atoms with Crippen molar-refractivity contribution in [3.63, 3.8) is 0 Å². The number of carboxylic acids is 1. The van der Waals surface area contributed by atoms with Crippen LogP contribution in [0.2, 0.25) is 0 Å². The van der Waals surface area contributed by atoms with Gasteiger partial charge < -0.3 is 20.9 Å². The van der Waals surface area contributed by atoms with Crippen LogP contribution in [0.25, 0.3) is 0 Å². The third-order valence-electron chi connectivity index (χ3n) is 2.36. The minimum absolute atomic E-state index is 0.0491. The van der Waals surface area contributed by atoms with Crippen molar-refractivity contribution in [1.82, 2.24) is 0 Å². The molecular weight excluding hydrogens is 280 g/mol. The number of ether oxygens (including phenoxy) is 1.